The molecule has 1 N–H and O–H groups in total. The van der Waals surface area contributed by atoms with Crippen LogP contribution >= 0.6 is 0 Å². The van der Waals surface area contributed by atoms with Gasteiger partial charge in [-0.3, -0.25) is 0 Å². The molecule has 0 atom stereocenters. The minimum Gasteiger partial charge on any atom is -0.378 e. The Morgan fingerprint density at radius 3 is 2.26 bits per heavy atom. The van der Waals surface area contributed by atoms with E-state index in [2.05, 4.69) is 24.1 Å². The molecule has 3 heteroatoms. The van der Waals surface area contributed by atoms with E-state index < -0.39 is 0 Å². The van der Waals surface area contributed by atoms with Crippen LogP contribution in [0.3, 0.4) is 0 Å². The van der Waals surface area contributed by atoms with Crippen molar-refractivity contribution in [1.82, 2.24) is 10.2 Å². The first kappa shape index (κ1) is 15.3. The van der Waals surface area contributed by atoms with Crippen LogP contribution in [0.25, 0.3) is 0 Å². The number of nitrogens with zero attached hydrogens (tertiary/aromatic N) is 1. The Labute approximate surface area is 119 Å². The topological polar surface area (TPSA) is 24.5 Å². The summed E-state index contributed by atoms with van der Waals surface area (Å²) >= 11 is 0. The van der Waals surface area contributed by atoms with Crippen molar-refractivity contribution in [2.45, 2.75) is 77.0 Å². The van der Waals surface area contributed by atoms with Crippen molar-refractivity contribution < 1.29 is 4.74 Å². The maximum atomic E-state index is 5.74. The summed E-state index contributed by atoms with van der Waals surface area (Å²) in [7, 11) is 0. The first-order valence-corrected chi connectivity index (χ1v) is 8.42. The van der Waals surface area contributed by atoms with Crippen LogP contribution in [0.15, 0.2) is 0 Å². The summed E-state index contributed by atoms with van der Waals surface area (Å²) in [6, 6.07) is 1.64. The van der Waals surface area contributed by atoms with E-state index in [1.807, 2.05) is 0 Å². The molecule has 0 aromatic carbocycles. The molecule has 19 heavy (non-hydrogen) atoms. The van der Waals surface area contributed by atoms with Gasteiger partial charge in [0.1, 0.15) is 0 Å². The molecule has 112 valence electrons. The largest absolute Gasteiger partial charge is 0.378 e. The van der Waals surface area contributed by atoms with Crippen LogP contribution in [0.5, 0.6) is 0 Å². The van der Waals surface area contributed by atoms with Gasteiger partial charge in [-0.25, -0.2) is 0 Å². The Morgan fingerprint density at radius 2 is 1.68 bits per heavy atom. The fourth-order valence-electron chi connectivity index (χ4n) is 3.64. The lowest BCUT2D eigenvalue weighted by molar-refractivity contribution is -0.00145. The highest BCUT2D eigenvalue weighted by atomic mass is 16.5. The highest BCUT2D eigenvalue weighted by molar-refractivity contribution is 4.85. The number of piperidine rings is 1. The summed E-state index contributed by atoms with van der Waals surface area (Å²) in [5.41, 5.74) is 0. The molecule has 0 spiro atoms. The van der Waals surface area contributed by atoms with Crippen LogP contribution < -0.4 is 5.32 Å². The van der Waals surface area contributed by atoms with Gasteiger partial charge in [0.25, 0.3) is 0 Å². The second kappa shape index (κ2) is 8.23. The van der Waals surface area contributed by atoms with Gasteiger partial charge >= 0.3 is 0 Å². The van der Waals surface area contributed by atoms with E-state index in [1.165, 1.54) is 64.6 Å². The minimum atomic E-state index is 0.531. The van der Waals surface area contributed by atoms with Gasteiger partial charge in [0.15, 0.2) is 0 Å². The van der Waals surface area contributed by atoms with Gasteiger partial charge in [0.05, 0.1) is 6.10 Å². The summed E-state index contributed by atoms with van der Waals surface area (Å²) in [6.07, 6.45) is 9.78. The number of ether oxygens (including phenoxy) is 1. The number of hydrogen-bond acceptors (Lipinski definition) is 3. The fourth-order valence-corrected chi connectivity index (χ4v) is 3.64. The van der Waals surface area contributed by atoms with Crippen molar-refractivity contribution in [3.63, 3.8) is 0 Å². The molecule has 1 aliphatic heterocycles. The molecule has 1 heterocycles. The van der Waals surface area contributed by atoms with Gasteiger partial charge in [-0.15, -0.1) is 0 Å². The quantitative estimate of drug-likeness (QED) is 0.801. The van der Waals surface area contributed by atoms with Gasteiger partial charge in [0.2, 0.25) is 0 Å². The summed E-state index contributed by atoms with van der Waals surface area (Å²) in [5.74, 6) is 0. The average Bonchev–Trinajstić information content (AvgIpc) is 2.47. The van der Waals surface area contributed by atoms with E-state index in [-0.39, 0.29) is 0 Å². The Hall–Kier alpha value is -0.120. The van der Waals surface area contributed by atoms with Crippen molar-refractivity contribution in [2.24, 2.45) is 0 Å². The molecule has 0 bridgehead atoms. The van der Waals surface area contributed by atoms with Crippen LogP contribution in [-0.4, -0.2) is 49.3 Å². The maximum absolute atomic E-state index is 5.74. The van der Waals surface area contributed by atoms with Crippen molar-refractivity contribution >= 4 is 0 Å². The Bertz CT molecular complexity index is 231. The normalized spacial score (nSPS) is 30.6. The molecule has 0 aromatic heterocycles. The molecule has 0 aromatic rings. The predicted octanol–water partition coefficient (Wildman–Crippen LogP) is 2.80. The van der Waals surface area contributed by atoms with E-state index in [0.717, 1.165) is 18.7 Å². The zero-order chi connectivity index (χ0) is 13.5. The number of rotatable bonds is 6. The molecule has 2 rings (SSSR count). The van der Waals surface area contributed by atoms with Crippen molar-refractivity contribution in [3.05, 3.63) is 0 Å². The van der Waals surface area contributed by atoms with Crippen LogP contribution in [0, 0.1) is 0 Å². The van der Waals surface area contributed by atoms with Gasteiger partial charge in [-0.2, -0.15) is 0 Å². The maximum Gasteiger partial charge on any atom is 0.0599 e. The van der Waals surface area contributed by atoms with E-state index in [0.29, 0.717) is 6.10 Å². The van der Waals surface area contributed by atoms with Crippen LogP contribution in [0.1, 0.15) is 58.8 Å². The highest BCUT2D eigenvalue weighted by Crippen LogP contribution is 2.26. The summed E-state index contributed by atoms with van der Waals surface area (Å²) < 4.78 is 5.74. The van der Waals surface area contributed by atoms with E-state index in [9.17, 15) is 0 Å². The smallest absolute Gasteiger partial charge is 0.0599 e. The molecule has 1 saturated carbocycles. The molecular weight excluding hydrogens is 236 g/mol. The van der Waals surface area contributed by atoms with Crippen LogP contribution in [-0.2, 0) is 4.74 Å². The zero-order valence-corrected chi connectivity index (χ0v) is 12.9. The fraction of sp³-hybridized carbons (Fsp3) is 1.00. The van der Waals surface area contributed by atoms with Gasteiger partial charge in [-0.1, -0.05) is 6.92 Å². The standard InChI is InChI=1S/C16H32N2O/c1-3-11-17-14-5-7-15(8-6-14)18-12-9-16(10-13-18)19-4-2/h14-17H,3-13H2,1-2H3. The molecule has 2 fully saturated rings. The van der Waals surface area contributed by atoms with Gasteiger partial charge in [0, 0.05) is 31.8 Å². The lowest BCUT2D eigenvalue weighted by Gasteiger charge is -2.40. The number of nitrogens with one attached hydrogen (secondary N) is 1. The van der Waals surface area contributed by atoms with Crippen molar-refractivity contribution in [2.75, 3.05) is 26.2 Å². The molecule has 0 amide bonds. The van der Waals surface area contributed by atoms with Gasteiger partial charge < -0.3 is 15.0 Å². The molecule has 3 nitrogen and oxygen atoms in total. The SMILES string of the molecule is CCCNC1CCC(N2CCC(OCC)CC2)CC1. The van der Waals surface area contributed by atoms with Crippen molar-refractivity contribution in [3.8, 4) is 0 Å². The summed E-state index contributed by atoms with van der Waals surface area (Å²) in [6.45, 7) is 8.93. The zero-order valence-electron chi connectivity index (χ0n) is 12.9. The number of likely N-dealkylation sites (tertiary alicyclic amines) is 1. The van der Waals surface area contributed by atoms with E-state index in [1.54, 1.807) is 0 Å². The molecule has 1 saturated heterocycles. The third-order valence-corrected chi connectivity index (χ3v) is 4.78. The Kier molecular flexibility index (Phi) is 6.62. The predicted molar refractivity (Wildman–Crippen MR) is 80.6 cm³/mol. The lowest BCUT2D eigenvalue weighted by Crippen LogP contribution is -2.46. The van der Waals surface area contributed by atoms with E-state index >= 15 is 0 Å². The monoisotopic (exact) mass is 268 g/mol. The minimum absolute atomic E-state index is 0.531. The third kappa shape index (κ3) is 4.73. The number of hydrogen-bond donors (Lipinski definition) is 1. The first-order valence-electron chi connectivity index (χ1n) is 8.42. The second-order valence-electron chi connectivity index (χ2n) is 6.15. The molecular formula is C16H32N2O. The van der Waals surface area contributed by atoms with Crippen LogP contribution in [0.2, 0.25) is 0 Å². The average molecular weight is 268 g/mol. The molecule has 2 aliphatic rings. The Morgan fingerprint density at radius 1 is 1.00 bits per heavy atom. The van der Waals surface area contributed by atoms with Crippen molar-refractivity contribution in [1.29, 1.82) is 0 Å². The molecule has 0 radical (unpaired) electrons. The highest BCUT2D eigenvalue weighted by Gasteiger charge is 2.28. The lowest BCUT2D eigenvalue weighted by atomic mass is 9.89. The first-order chi connectivity index (χ1) is 9.33. The van der Waals surface area contributed by atoms with E-state index in [4.69, 9.17) is 4.74 Å². The van der Waals surface area contributed by atoms with Gasteiger partial charge in [-0.05, 0) is 58.4 Å². The van der Waals surface area contributed by atoms with Crippen LogP contribution in [0.4, 0.5) is 0 Å². The summed E-state index contributed by atoms with van der Waals surface area (Å²) in [5, 5.41) is 3.68. The second-order valence-corrected chi connectivity index (χ2v) is 6.15. The third-order valence-electron chi connectivity index (χ3n) is 4.78. The molecule has 1 aliphatic carbocycles. The Balaban J connectivity index is 1.65. The summed E-state index contributed by atoms with van der Waals surface area (Å²) in [4.78, 5) is 2.73. The molecule has 0 unspecified atom stereocenters.